The Kier molecular flexibility index (Phi) is 4.85. The van der Waals surface area contributed by atoms with Gasteiger partial charge >= 0.3 is 0 Å². The number of halogens is 1. The molecule has 0 saturated carbocycles. The van der Waals surface area contributed by atoms with Crippen molar-refractivity contribution in [3.05, 3.63) is 23.1 Å². The lowest BCUT2D eigenvalue weighted by molar-refractivity contribution is 0.531. The van der Waals surface area contributed by atoms with Gasteiger partial charge in [-0.3, -0.25) is 0 Å². The summed E-state index contributed by atoms with van der Waals surface area (Å²) in [6.07, 6.45) is 0. The van der Waals surface area contributed by atoms with Gasteiger partial charge in [-0.15, -0.1) is 11.8 Å². The first kappa shape index (κ1) is 12.0. The smallest absolute Gasteiger partial charge is 0.193 e. The number of furan rings is 1. The molecule has 0 aliphatic heterocycles. The third-order valence-corrected chi connectivity index (χ3v) is 3.87. The summed E-state index contributed by atoms with van der Waals surface area (Å²) in [7, 11) is 1.98. The Labute approximate surface area is 94.4 Å². The standard InChI is InChI=1S/C10H16ClNOS/c1-7(12-3)8(2)14-6-9-4-5-10(11)13-9/h4-5,7-8,12H,6H2,1-3H3. The van der Waals surface area contributed by atoms with Gasteiger partial charge in [0.1, 0.15) is 5.76 Å². The Balaban J connectivity index is 2.33. The highest BCUT2D eigenvalue weighted by Gasteiger charge is 2.11. The van der Waals surface area contributed by atoms with Crippen LogP contribution < -0.4 is 5.32 Å². The summed E-state index contributed by atoms with van der Waals surface area (Å²) in [5, 5.41) is 4.26. The van der Waals surface area contributed by atoms with Gasteiger partial charge in [0.05, 0.1) is 5.75 Å². The second kappa shape index (κ2) is 5.69. The molecule has 0 amide bonds. The molecule has 0 aliphatic carbocycles. The summed E-state index contributed by atoms with van der Waals surface area (Å²) in [4.78, 5) is 0. The first-order chi connectivity index (χ1) is 6.63. The van der Waals surface area contributed by atoms with Crippen LogP contribution in [0.5, 0.6) is 0 Å². The maximum atomic E-state index is 5.68. The molecule has 0 fully saturated rings. The maximum Gasteiger partial charge on any atom is 0.193 e. The van der Waals surface area contributed by atoms with E-state index in [1.54, 1.807) is 6.07 Å². The van der Waals surface area contributed by atoms with E-state index in [4.69, 9.17) is 16.0 Å². The molecule has 1 rings (SSSR count). The van der Waals surface area contributed by atoms with E-state index in [9.17, 15) is 0 Å². The predicted octanol–water partition coefficient (Wildman–Crippen LogP) is 3.16. The van der Waals surface area contributed by atoms with Crippen molar-refractivity contribution in [1.29, 1.82) is 0 Å². The first-order valence-electron chi connectivity index (χ1n) is 4.66. The fraction of sp³-hybridized carbons (Fsp3) is 0.600. The van der Waals surface area contributed by atoms with Crippen LogP contribution in [0.25, 0.3) is 0 Å². The third kappa shape index (κ3) is 3.56. The molecule has 1 N–H and O–H groups in total. The van der Waals surface area contributed by atoms with Crippen LogP contribution in [0.15, 0.2) is 16.5 Å². The number of thioether (sulfide) groups is 1. The summed E-state index contributed by atoms with van der Waals surface area (Å²) in [5.74, 6) is 1.81. The zero-order chi connectivity index (χ0) is 10.6. The Morgan fingerprint density at radius 2 is 2.21 bits per heavy atom. The molecule has 0 spiro atoms. The van der Waals surface area contributed by atoms with Gasteiger partial charge in [-0.25, -0.2) is 0 Å². The van der Waals surface area contributed by atoms with Crippen molar-refractivity contribution in [3.8, 4) is 0 Å². The summed E-state index contributed by atoms with van der Waals surface area (Å²) in [6, 6.07) is 4.21. The van der Waals surface area contributed by atoms with E-state index >= 15 is 0 Å². The van der Waals surface area contributed by atoms with E-state index in [0.717, 1.165) is 11.5 Å². The SMILES string of the molecule is CNC(C)C(C)SCc1ccc(Cl)o1. The van der Waals surface area contributed by atoms with E-state index in [1.165, 1.54) is 0 Å². The van der Waals surface area contributed by atoms with Gasteiger partial charge in [-0.1, -0.05) is 6.92 Å². The monoisotopic (exact) mass is 233 g/mol. The van der Waals surface area contributed by atoms with Crippen LogP contribution in [0.2, 0.25) is 5.22 Å². The summed E-state index contributed by atoms with van der Waals surface area (Å²) in [6.45, 7) is 4.38. The molecule has 0 aromatic carbocycles. The number of hydrogen-bond acceptors (Lipinski definition) is 3. The number of hydrogen-bond donors (Lipinski definition) is 1. The molecule has 2 unspecified atom stereocenters. The molecule has 0 bridgehead atoms. The van der Waals surface area contributed by atoms with E-state index in [1.807, 2.05) is 24.9 Å². The van der Waals surface area contributed by atoms with Crippen molar-refractivity contribution in [2.24, 2.45) is 0 Å². The summed E-state index contributed by atoms with van der Waals surface area (Å²) < 4.78 is 5.27. The average Bonchev–Trinajstić information content (AvgIpc) is 2.59. The predicted molar refractivity (Wildman–Crippen MR) is 63.0 cm³/mol. The highest BCUT2D eigenvalue weighted by molar-refractivity contribution is 7.99. The Morgan fingerprint density at radius 1 is 1.50 bits per heavy atom. The van der Waals surface area contributed by atoms with Crippen molar-refractivity contribution in [2.75, 3.05) is 7.05 Å². The third-order valence-electron chi connectivity index (χ3n) is 2.28. The van der Waals surface area contributed by atoms with E-state index in [2.05, 4.69) is 19.2 Å². The fourth-order valence-corrected chi connectivity index (χ4v) is 2.19. The van der Waals surface area contributed by atoms with E-state index < -0.39 is 0 Å². The highest BCUT2D eigenvalue weighted by Crippen LogP contribution is 2.22. The van der Waals surface area contributed by atoms with Gasteiger partial charge in [0.25, 0.3) is 0 Å². The molecule has 2 nitrogen and oxygen atoms in total. The molecule has 0 aliphatic rings. The van der Waals surface area contributed by atoms with Crippen LogP contribution in [-0.4, -0.2) is 18.3 Å². The lowest BCUT2D eigenvalue weighted by Gasteiger charge is -2.17. The quantitative estimate of drug-likeness (QED) is 0.846. The molecular weight excluding hydrogens is 218 g/mol. The normalized spacial score (nSPS) is 15.4. The summed E-state index contributed by atoms with van der Waals surface area (Å²) in [5.41, 5.74) is 0. The highest BCUT2D eigenvalue weighted by atomic mass is 35.5. The molecule has 1 aromatic heterocycles. The van der Waals surface area contributed by atoms with Gasteiger partial charge in [0.2, 0.25) is 0 Å². The lowest BCUT2D eigenvalue weighted by atomic mass is 10.3. The van der Waals surface area contributed by atoms with Gasteiger partial charge in [0, 0.05) is 11.3 Å². The maximum absolute atomic E-state index is 5.68. The van der Waals surface area contributed by atoms with Crippen LogP contribution in [-0.2, 0) is 5.75 Å². The molecule has 80 valence electrons. The first-order valence-corrected chi connectivity index (χ1v) is 6.09. The van der Waals surface area contributed by atoms with Crippen molar-refractivity contribution >= 4 is 23.4 Å². The Hall–Kier alpha value is -0.120. The number of rotatable bonds is 5. The molecule has 0 radical (unpaired) electrons. The average molecular weight is 234 g/mol. The zero-order valence-electron chi connectivity index (χ0n) is 8.71. The molecule has 1 aromatic rings. The van der Waals surface area contributed by atoms with Gasteiger partial charge in [-0.05, 0) is 37.7 Å². The number of nitrogens with one attached hydrogen (secondary N) is 1. The lowest BCUT2D eigenvalue weighted by Crippen LogP contribution is -2.30. The summed E-state index contributed by atoms with van der Waals surface area (Å²) >= 11 is 7.54. The van der Waals surface area contributed by atoms with Crippen LogP contribution >= 0.6 is 23.4 Å². The molecule has 2 atom stereocenters. The second-order valence-corrected chi connectivity index (χ2v) is 5.04. The van der Waals surface area contributed by atoms with Crippen molar-refractivity contribution in [1.82, 2.24) is 5.32 Å². The van der Waals surface area contributed by atoms with Gasteiger partial charge in [0.15, 0.2) is 5.22 Å². The zero-order valence-corrected chi connectivity index (χ0v) is 10.3. The van der Waals surface area contributed by atoms with Crippen LogP contribution in [0.3, 0.4) is 0 Å². The van der Waals surface area contributed by atoms with Gasteiger partial charge < -0.3 is 9.73 Å². The Bertz CT molecular complexity index is 277. The molecule has 1 heterocycles. The largest absolute Gasteiger partial charge is 0.449 e. The van der Waals surface area contributed by atoms with E-state index in [-0.39, 0.29) is 0 Å². The minimum atomic E-state index is 0.468. The van der Waals surface area contributed by atoms with Crippen LogP contribution in [0.1, 0.15) is 19.6 Å². The molecule has 0 saturated heterocycles. The van der Waals surface area contributed by atoms with Crippen molar-refractivity contribution in [3.63, 3.8) is 0 Å². The van der Waals surface area contributed by atoms with Crippen molar-refractivity contribution in [2.45, 2.75) is 30.9 Å². The minimum Gasteiger partial charge on any atom is -0.449 e. The molecular formula is C10H16ClNOS. The van der Waals surface area contributed by atoms with Gasteiger partial charge in [-0.2, -0.15) is 0 Å². The second-order valence-electron chi connectivity index (χ2n) is 3.30. The topological polar surface area (TPSA) is 25.2 Å². The fourth-order valence-electron chi connectivity index (χ4n) is 1.02. The Morgan fingerprint density at radius 3 is 2.71 bits per heavy atom. The van der Waals surface area contributed by atoms with Crippen molar-refractivity contribution < 1.29 is 4.42 Å². The van der Waals surface area contributed by atoms with E-state index in [0.29, 0.717) is 16.5 Å². The molecule has 4 heteroatoms. The van der Waals surface area contributed by atoms with Crippen LogP contribution in [0, 0.1) is 0 Å². The minimum absolute atomic E-state index is 0.468. The molecule has 14 heavy (non-hydrogen) atoms. The van der Waals surface area contributed by atoms with Crippen LogP contribution in [0.4, 0.5) is 0 Å².